The molecule has 0 saturated carbocycles. The molecule has 20 heavy (non-hydrogen) atoms. The molecular weight excluding hydrogens is 262 g/mol. The van der Waals surface area contributed by atoms with Crippen molar-refractivity contribution in [3.8, 4) is 0 Å². The Bertz CT molecular complexity index is 581. The van der Waals surface area contributed by atoms with Gasteiger partial charge in [0, 0.05) is 31.0 Å². The van der Waals surface area contributed by atoms with Crippen LogP contribution in [0.15, 0.2) is 23.1 Å². The van der Waals surface area contributed by atoms with Gasteiger partial charge < -0.3 is 19.9 Å². The minimum Gasteiger partial charge on any atom is -0.469 e. The van der Waals surface area contributed by atoms with E-state index in [2.05, 4.69) is 4.74 Å². The van der Waals surface area contributed by atoms with Crippen molar-refractivity contribution >= 4 is 17.6 Å². The second-order valence-electron chi connectivity index (χ2n) is 4.78. The van der Waals surface area contributed by atoms with E-state index in [1.54, 1.807) is 4.90 Å². The molecule has 1 unspecified atom stereocenters. The van der Waals surface area contributed by atoms with Crippen molar-refractivity contribution in [2.45, 2.75) is 13.0 Å². The van der Waals surface area contributed by atoms with Crippen molar-refractivity contribution in [3.05, 3.63) is 28.7 Å². The lowest BCUT2D eigenvalue weighted by Crippen LogP contribution is -2.35. The molecule has 0 aromatic carbocycles. The third kappa shape index (κ3) is 2.98. The second-order valence-corrected chi connectivity index (χ2v) is 4.78. The topological polar surface area (TPSA) is 94.6 Å². The smallest absolute Gasteiger partial charge is 0.310 e. The van der Waals surface area contributed by atoms with Crippen molar-refractivity contribution in [2.24, 2.45) is 5.92 Å². The van der Waals surface area contributed by atoms with Crippen LogP contribution >= 0.6 is 0 Å². The molecule has 1 aromatic rings. The van der Waals surface area contributed by atoms with E-state index < -0.39 is 0 Å². The van der Waals surface area contributed by atoms with Crippen molar-refractivity contribution in [2.75, 3.05) is 25.9 Å². The third-order valence-corrected chi connectivity index (χ3v) is 3.39. The normalized spacial score (nSPS) is 18.1. The van der Waals surface area contributed by atoms with E-state index in [9.17, 15) is 14.4 Å². The van der Waals surface area contributed by atoms with Crippen molar-refractivity contribution in [1.82, 2.24) is 9.47 Å². The summed E-state index contributed by atoms with van der Waals surface area (Å²) in [6, 6.07) is 2.82. The molecule has 108 valence electrons. The van der Waals surface area contributed by atoms with Crippen molar-refractivity contribution in [1.29, 1.82) is 0 Å². The first kappa shape index (κ1) is 14.1. The molecule has 0 spiro atoms. The molecule has 7 nitrogen and oxygen atoms in total. The number of methoxy groups -OCH3 is 1. The van der Waals surface area contributed by atoms with Gasteiger partial charge in [0.15, 0.2) is 0 Å². The zero-order chi connectivity index (χ0) is 14.7. The minimum atomic E-state index is -0.304. The fourth-order valence-corrected chi connectivity index (χ4v) is 2.26. The summed E-state index contributed by atoms with van der Waals surface area (Å²) in [5.41, 5.74) is 5.73. The van der Waals surface area contributed by atoms with E-state index in [0.717, 1.165) is 0 Å². The number of rotatable bonds is 3. The number of esters is 1. The summed E-state index contributed by atoms with van der Waals surface area (Å²) in [5.74, 6) is -0.785. The first-order valence-electron chi connectivity index (χ1n) is 6.33. The molecule has 1 amide bonds. The number of anilines is 1. The van der Waals surface area contributed by atoms with Crippen LogP contribution in [0.3, 0.4) is 0 Å². The van der Waals surface area contributed by atoms with Gasteiger partial charge in [0.25, 0.3) is 5.56 Å². The molecule has 1 saturated heterocycles. The maximum absolute atomic E-state index is 12.1. The highest BCUT2D eigenvalue weighted by Crippen LogP contribution is 2.17. The lowest BCUT2D eigenvalue weighted by Gasteiger charge is -2.17. The molecule has 2 heterocycles. The summed E-state index contributed by atoms with van der Waals surface area (Å²) in [7, 11) is 1.33. The number of hydrogen-bond donors (Lipinski definition) is 1. The molecule has 0 radical (unpaired) electrons. The molecule has 1 aliphatic heterocycles. The van der Waals surface area contributed by atoms with Gasteiger partial charge in [-0.05, 0) is 12.5 Å². The summed E-state index contributed by atoms with van der Waals surface area (Å²) in [6.07, 6.45) is 2.03. The number of ether oxygens (including phenoxy) is 1. The Morgan fingerprint density at radius 1 is 1.45 bits per heavy atom. The summed E-state index contributed by atoms with van der Waals surface area (Å²) in [4.78, 5) is 36.7. The number of nitrogen functional groups attached to an aromatic ring is 1. The number of amides is 1. The predicted molar refractivity (Wildman–Crippen MR) is 71.8 cm³/mol. The quantitative estimate of drug-likeness (QED) is 0.749. The highest BCUT2D eigenvalue weighted by Gasteiger charge is 2.31. The van der Waals surface area contributed by atoms with Gasteiger partial charge >= 0.3 is 5.97 Å². The average molecular weight is 279 g/mol. The highest BCUT2D eigenvalue weighted by molar-refractivity contribution is 5.79. The largest absolute Gasteiger partial charge is 0.469 e. The Hall–Kier alpha value is -2.31. The number of likely N-dealkylation sites (tertiary alicyclic amines) is 1. The van der Waals surface area contributed by atoms with Crippen LogP contribution in [0.5, 0.6) is 0 Å². The first-order chi connectivity index (χ1) is 9.51. The Kier molecular flexibility index (Phi) is 4.07. The highest BCUT2D eigenvalue weighted by atomic mass is 16.5. The van der Waals surface area contributed by atoms with E-state index in [0.29, 0.717) is 25.2 Å². The molecule has 1 aromatic heterocycles. The van der Waals surface area contributed by atoms with Crippen LogP contribution in [0.4, 0.5) is 5.69 Å². The number of pyridine rings is 1. The Morgan fingerprint density at radius 2 is 2.20 bits per heavy atom. The maximum Gasteiger partial charge on any atom is 0.310 e. The van der Waals surface area contributed by atoms with Crippen LogP contribution in [-0.2, 0) is 20.9 Å². The lowest BCUT2D eigenvalue weighted by atomic mass is 10.1. The Labute approximate surface area is 115 Å². The number of nitrogens with zero attached hydrogens (tertiary/aromatic N) is 2. The van der Waals surface area contributed by atoms with Gasteiger partial charge in [-0.25, -0.2) is 0 Å². The second kappa shape index (κ2) is 5.77. The Morgan fingerprint density at radius 3 is 2.90 bits per heavy atom. The minimum absolute atomic E-state index is 0.0717. The third-order valence-electron chi connectivity index (χ3n) is 3.39. The van der Waals surface area contributed by atoms with Crippen LogP contribution in [0.2, 0.25) is 0 Å². The summed E-state index contributed by atoms with van der Waals surface area (Å²) < 4.78 is 5.93. The van der Waals surface area contributed by atoms with Crippen molar-refractivity contribution < 1.29 is 14.3 Å². The summed E-state index contributed by atoms with van der Waals surface area (Å²) in [5, 5.41) is 0. The number of aromatic nitrogens is 1. The van der Waals surface area contributed by atoms with Gasteiger partial charge in [-0.15, -0.1) is 0 Å². The number of carbonyl (C=O) groups is 2. The number of nitrogens with two attached hydrogens (primary N) is 1. The van der Waals surface area contributed by atoms with Crippen LogP contribution in [0.1, 0.15) is 6.42 Å². The van der Waals surface area contributed by atoms with Crippen LogP contribution in [0, 0.1) is 5.92 Å². The molecule has 2 N–H and O–H groups in total. The van der Waals surface area contributed by atoms with Crippen LogP contribution < -0.4 is 11.3 Å². The number of hydrogen-bond acceptors (Lipinski definition) is 5. The van der Waals surface area contributed by atoms with Gasteiger partial charge in [-0.2, -0.15) is 0 Å². The maximum atomic E-state index is 12.1. The molecule has 2 rings (SSSR count). The van der Waals surface area contributed by atoms with E-state index in [1.807, 2.05) is 0 Å². The zero-order valence-electron chi connectivity index (χ0n) is 11.2. The van der Waals surface area contributed by atoms with Crippen LogP contribution in [-0.4, -0.2) is 41.5 Å². The van der Waals surface area contributed by atoms with Crippen LogP contribution in [0.25, 0.3) is 0 Å². The van der Waals surface area contributed by atoms with Crippen molar-refractivity contribution in [3.63, 3.8) is 0 Å². The van der Waals surface area contributed by atoms with Gasteiger partial charge in [0.2, 0.25) is 5.91 Å². The fraction of sp³-hybridized carbons (Fsp3) is 0.462. The monoisotopic (exact) mass is 279 g/mol. The van der Waals surface area contributed by atoms with Gasteiger partial charge in [0.1, 0.15) is 6.54 Å². The molecule has 0 aliphatic carbocycles. The average Bonchev–Trinajstić information content (AvgIpc) is 2.91. The van der Waals surface area contributed by atoms with Gasteiger partial charge in [0.05, 0.1) is 13.0 Å². The standard InChI is InChI=1S/C13H17N3O4/c1-20-13(19)9-4-5-15(6-9)12(18)8-16-7-10(14)2-3-11(16)17/h2-3,7,9H,4-6,8,14H2,1H3. The van der Waals surface area contributed by atoms with E-state index in [4.69, 9.17) is 5.73 Å². The predicted octanol–water partition coefficient (Wildman–Crippen LogP) is -0.548. The number of carbonyl (C=O) groups excluding carboxylic acids is 2. The van der Waals surface area contributed by atoms with E-state index >= 15 is 0 Å². The molecule has 1 atom stereocenters. The van der Waals surface area contributed by atoms with Gasteiger partial charge in [-0.3, -0.25) is 14.4 Å². The summed E-state index contributed by atoms with van der Waals surface area (Å²) in [6.45, 7) is 0.760. The van der Waals surface area contributed by atoms with E-state index in [-0.39, 0.29) is 29.9 Å². The fourth-order valence-electron chi connectivity index (χ4n) is 2.26. The molecule has 0 bridgehead atoms. The Balaban J connectivity index is 2.01. The summed E-state index contributed by atoms with van der Waals surface area (Å²) >= 11 is 0. The van der Waals surface area contributed by atoms with Gasteiger partial charge in [-0.1, -0.05) is 0 Å². The molecule has 1 fully saturated rings. The molecule has 7 heteroatoms. The molecular formula is C13H17N3O4. The van der Waals surface area contributed by atoms with E-state index in [1.165, 1.54) is 30.0 Å². The molecule has 1 aliphatic rings. The zero-order valence-corrected chi connectivity index (χ0v) is 11.2. The first-order valence-corrected chi connectivity index (χ1v) is 6.33. The lowest BCUT2D eigenvalue weighted by molar-refractivity contribution is -0.145. The SMILES string of the molecule is COC(=O)C1CCN(C(=O)Cn2cc(N)ccc2=O)C1.